The largest absolute Gasteiger partial charge is 0.465 e. The summed E-state index contributed by atoms with van der Waals surface area (Å²) in [7, 11) is 1.89. The number of esters is 1. The highest BCUT2D eigenvalue weighted by Crippen LogP contribution is 2.39. The number of thioether (sulfide) groups is 1. The van der Waals surface area contributed by atoms with Gasteiger partial charge in [-0.3, -0.25) is 4.79 Å². The molecule has 0 bridgehead atoms. The molecule has 1 aliphatic carbocycles. The molecule has 0 radical (unpaired) electrons. The Hall–Kier alpha value is -0.260. The van der Waals surface area contributed by atoms with Crippen molar-refractivity contribution in [3.05, 3.63) is 0 Å². The van der Waals surface area contributed by atoms with Gasteiger partial charge in [0.25, 0.3) is 0 Å². The number of hydrogen-bond acceptors (Lipinski definition) is 5. The number of hydrogen-bond donors (Lipinski definition) is 1. The fourth-order valence-corrected chi connectivity index (χ4v) is 4.25. The van der Waals surface area contributed by atoms with Gasteiger partial charge in [0.2, 0.25) is 0 Å². The predicted molar refractivity (Wildman–Crippen MR) is 77.4 cm³/mol. The zero-order valence-corrected chi connectivity index (χ0v) is 12.8. The quantitative estimate of drug-likeness (QED) is 0.724. The van der Waals surface area contributed by atoms with E-state index >= 15 is 0 Å². The number of carbonyl (C=O) groups excluding carboxylic acids is 1. The molecule has 1 heterocycles. The maximum atomic E-state index is 12.3. The molecule has 0 aromatic heterocycles. The third kappa shape index (κ3) is 3.26. The molecule has 2 unspecified atom stereocenters. The Morgan fingerprint density at radius 2 is 2.32 bits per heavy atom. The minimum Gasteiger partial charge on any atom is -0.465 e. The second-order valence-corrected chi connectivity index (χ2v) is 6.76. The molecular formula is C14H25NO3S. The summed E-state index contributed by atoms with van der Waals surface area (Å²) in [5.74, 6) is 1.46. The van der Waals surface area contributed by atoms with Crippen LogP contribution in [0.25, 0.3) is 0 Å². The molecular weight excluding hydrogens is 262 g/mol. The Morgan fingerprint density at radius 1 is 1.53 bits per heavy atom. The molecule has 2 rings (SSSR count). The van der Waals surface area contributed by atoms with Crippen LogP contribution in [0.2, 0.25) is 0 Å². The maximum Gasteiger partial charge on any atom is 0.326 e. The van der Waals surface area contributed by atoms with Crippen molar-refractivity contribution in [1.29, 1.82) is 0 Å². The molecule has 1 N–H and O–H groups in total. The van der Waals surface area contributed by atoms with Crippen LogP contribution in [0.4, 0.5) is 0 Å². The van der Waals surface area contributed by atoms with Crippen LogP contribution in [0.5, 0.6) is 0 Å². The van der Waals surface area contributed by atoms with Crippen molar-refractivity contribution in [2.24, 2.45) is 5.92 Å². The van der Waals surface area contributed by atoms with Gasteiger partial charge in [0, 0.05) is 0 Å². The SMILES string of the molecule is CCOC(=O)C1(NC)CCCC1CCSC1COC1. The van der Waals surface area contributed by atoms with Gasteiger partial charge < -0.3 is 14.8 Å². The highest BCUT2D eigenvalue weighted by Gasteiger charge is 2.48. The summed E-state index contributed by atoms with van der Waals surface area (Å²) < 4.78 is 10.5. The molecule has 0 spiro atoms. The number of carbonyl (C=O) groups is 1. The minimum atomic E-state index is -0.438. The van der Waals surface area contributed by atoms with Gasteiger partial charge in [-0.2, -0.15) is 11.8 Å². The normalized spacial score (nSPS) is 31.2. The van der Waals surface area contributed by atoms with Crippen LogP contribution < -0.4 is 5.32 Å². The van der Waals surface area contributed by atoms with Crippen LogP contribution in [0.1, 0.15) is 32.6 Å². The number of ether oxygens (including phenoxy) is 2. The smallest absolute Gasteiger partial charge is 0.326 e. The summed E-state index contributed by atoms with van der Waals surface area (Å²) in [5, 5.41) is 3.94. The lowest BCUT2D eigenvalue weighted by atomic mass is 9.85. The number of rotatable bonds is 7. The highest BCUT2D eigenvalue weighted by atomic mass is 32.2. The molecule has 2 fully saturated rings. The van der Waals surface area contributed by atoms with Crippen LogP contribution in [0, 0.1) is 5.92 Å². The van der Waals surface area contributed by atoms with Crippen molar-refractivity contribution >= 4 is 17.7 Å². The Bertz CT molecular complexity index is 309. The maximum absolute atomic E-state index is 12.3. The Labute approximate surface area is 120 Å². The van der Waals surface area contributed by atoms with E-state index in [0.717, 1.165) is 44.6 Å². The molecule has 4 nitrogen and oxygen atoms in total. The summed E-state index contributed by atoms with van der Waals surface area (Å²) in [5.41, 5.74) is -0.438. The van der Waals surface area contributed by atoms with E-state index in [1.807, 2.05) is 25.7 Å². The third-order valence-corrected chi connectivity index (χ3v) is 5.55. The van der Waals surface area contributed by atoms with Crippen LogP contribution in [0.15, 0.2) is 0 Å². The van der Waals surface area contributed by atoms with E-state index < -0.39 is 5.54 Å². The monoisotopic (exact) mass is 287 g/mol. The summed E-state index contributed by atoms with van der Waals surface area (Å²) in [6.07, 6.45) is 4.23. The molecule has 5 heteroatoms. The van der Waals surface area contributed by atoms with E-state index in [4.69, 9.17) is 9.47 Å². The first-order chi connectivity index (χ1) is 9.23. The minimum absolute atomic E-state index is 0.0584. The van der Waals surface area contributed by atoms with Crippen molar-refractivity contribution < 1.29 is 14.3 Å². The van der Waals surface area contributed by atoms with E-state index in [1.54, 1.807) is 0 Å². The van der Waals surface area contributed by atoms with Crippen molar-refractivity contribution in [3.8, 4) is 0 Å². The summed E-state index contributed by atoms with van der Waals surface area (Å²) in [6, 6.07) is 0. The summed E-state index contributed by atoms with van der Waals surface area (Å²) in [6.45, 7) is 4.12. The molecule has 2 aliphatic rings. The van der Waals surface area contributed by atoms with Gasteiger partial charge in [0.1, 0.15) is 5.54 Å². The molecule has 1 saturated heterocycles. The number of nitrogens with one attached hydrogen (secondary N) is 1. The second kappa shape index (κ2) is 6.95. The molecule has 19 heavy (non-hydrogen) atoms. The lowest BCUT2D eigenvalue weighted by molar-refractivity contribution is -0.152. The van der Waals surface area contributed by atoms with Crippen LogP contribution in [-0.2, 0) is 14.3 Å². The van der Waals surface area contributed by atoms with Gasteiger partial charge in [0.05, 0.1) is 25.1 Å². The van der Waals surface area contributed by atoms with Gasteiger partial charge in [-0.25, -0.2) is 0 Å². The van der Waals surface area contributed by atoms with Crippen LogP contribution in [0.3, 0.4) is 0 Å². The lowest BCUT2D eigenvalue weighted by Crippen LogP contribution is -2.54. The fourth-order valence-electron chi connectivity index (χ4n) is 3.12. The first-order valence-electron chi connectivity index (χ1n) is 7.28. The van der Waals surface area contributed by atoms with Gasteiger partial charge in [-0.1, -0.05) is 6.42 Å². The van der Waals surface area contributed by atoms with Crippen LogP contribution >= 0.6 is 11.8 Å². The van der Waals surface area contributed by atoms with Crippen LogP contribution in [-0.4, -0.2) is 49.4 Å². The van der Waals surface area contributed by atoms with Gasteiger partial charge in [-0.05, 0) is 44.9 Å². The Balaban J connectivity index is 1.87. The predicted octanol–water partition coefficient (Wildman–Crippen LogP) is 1.83. The first-order valence-corrected chi connectivity index (χ1v) is 8.33. The Kier molecular flexibility index (Phi) is 5.54. The molecule has 110 valence electrons. The first kappa shape index (κ1) is 15.1. The highest BCUT2D eigenvalue weighted by molar-refractivity contribution is 8.00. The van der Waals surface area contributed by atoms with E-state index in [1.165, 1.54) is 0 Å². The average Bonchev–Trinajstić information content (AvgIpc) is 2.77. The second-order valence-electron chi connectivity index (χ2n) is 5.35. The molecule has 1 saturated carbocycles. The van der Waals surface area contributed by atoms with E-state index in [0.29, 0.717) is 17.8 Å². The number of likely N-dealkylation sites (N-methyl/N-ethyl adjacent to an activating group) is 1. The molecule has 0 amide bonds. The van der Waals surface area contributed by atoms with Gasteiger partial charge in [-0.15, -0.1) is 0 Å². The van der Waals surface area contributed by atoms with Gasteiger partial charge in [0.15, 0.2) is 0 Å². The summed E-state index contributed by atoms with van der Waals surface area (Å²) in [4.78, 5) is 12.3. The fraction of sp³-hybridized carbons (Fsp3) is 0.929. The van der Waals surface area contributed by atoms with E-state index in [2.05, 4.69) is 5.32 Å². The standard InChI is InChI=1S/C14H25NO3S/c1-3-18-13(16)14(15-2)7-4-5-11(14)6-8-19-12-9-17-10-12/h11-12,15H,3-10H2,1-2H3. The average molecular weight is 287 g/mol. The molecule has 0 aromatic rings. The van der Waals surface area contributed by atoms with Gasteiger partial charge >= 0.3 is 5.97 Å². The molecule has 2 atom stereocenters. The van der Waals surface area contributed by atoms with Crippen molar-refractivity contribution in [2.45, 2.75) is 43.4 Å². The van der Waals surface area contributed by atoms with Crippen molar-refractivity contribution in [3.63, 3.8) is 0 Å². The zero-order chi connectivity index (χ0) is 13.7. The molecule has 0 aromatic carbocycles. The molecule has 1 aliphatic heterocycles. The zero-order valence-electron chi connectivity index (χ0n) is 11.9. The summed E-state index contributed by atoms with van der Waals surface area (Å²) >= 11 is 1.98. The third-order valence-electron chi connectivity index (χ3n) is 4.33. The van der Waals surface area contributed by atoms with Crippen molar-refractivity contribution in [2.75, 3.05) is 32.6 Å². The van der Waals surface area contributed by atoms with Crippen molar-refractivity contribution in [1.82, 2.24) is 5.32 Å². The van der Waals surface area contributed by atoms with E-state index in [9.17, 15) is 4.79 Å². The topological polar surface area (TPSA) is 47.6 Å². The lowest BCUT2D eigenvalue weighted by Gasteiger charge is -2.33. The van der Waals surface area contributed by atoms with E-state index in [-0.39, 0.29) is 5.97 Å². The Morgan fingerprint density at radius 3 is 2.89 bits per heavy atom.